The molecule has 3 aromatic rings. The Bertz CT molecular complexity index is 1270. The van der Waals surface area contributed by atoms with Gasteiger partial charge >= 0.3 is 0 Å². The van der Waals surface area contributed by atoms with Gasteiger partial charge in [-0.05, 0) is 54.8 Å². The van der Waals surface area contributed by atoms with Crippen LogP contribution in [0.4, 0.5) is 0 Å². The summed E-state index contributed by atoms with van der Waals surface area (Å²) in [6, 6.07) is 13.1. The smallest absolute Gasteiger partial charge is 0.251 e. The van der Waals surface area contributed by atoms with Gasteiger partial charge in [-0.3, -0.25) is 4.79 Å². The highest BCUT2D eigenvalue weighted by atomic mass is 35.5. The Hall–Kier alpha value is -2.64. The van der Waals surface area contributed by atoms with Gasteiger partial charge in [-0.1, -0.05) is 37.6 Å². The molecule has 6 nitrogen and oxygen atoms in total. The summed E-state index contributed by atoms with van der Waals surface area (Å²) in [5, 5.41) is 3.59. The Morgan fingerprint density at radius 1 is 1.16 bits per heavy atom. The summed E-state index contributed by atoms with van der Waals surface area (Å²) >= 11 is 6.06. The Morgan fingerprint density at radius 3 is 2.50 bits per heavy atom. The van der Waals surface area contributed by atoms with E-state index in [0.29, 0.717) is 17.0 Å². The van der Waals surface area contributed by atoms with Crippen molar-refractivity contribution in [3.05, 3.63) is 71.3 Å². The van der Waals surface area contributed by atoms with Crippen LogP contribution in [0.2, 0.25) is 5.02 Å². The molecule has 2 heterocycles. The van der Waals surface area contributed by atoms with Crippen molar-refractivity contribution < 1.29 is 13.2 Å². The molecule has 1 aromatic heterocycles. The van der Waals surface area contributed by atoms with Gasteiger partial charge in [0.25, 0.3) is 5.91 Å². The van der Waals surface area contributed by atoms with Gasteiger partial charge in [0.1, 0.15) is 5.82 Å². The van der Waals surface area contributed by atoms with Gasteiger partial charge in [-0.15, -0.1) is 0 Å². The van der Waals surface area contributed by atoms with Crippen molar-refractivity contribution in [1.29, 1.82) is 0 Å². The maximum atomic E-state index is 13.2. The number of nitrogens with zero attached hydrogens (tertiary/aromatic N) is 2. The fourth-order valence-corrected chi connectivity index (χ4v) is 6.33. The van der Waals surface area contributed by atoms with E-state index in [0.717, 1.165) is 22.6 Å². The first kappa shape index (κ1) is 22.6. The zero-order valence-corrected chi connectivity index (χ0v) is 19.9. The van der Waals surface area contributed by atoms with Gasteiger partial charge in [0.15, 0.2) is 9.84 Å². The van der Waals surface area contributed by atoms with Crippen LogP contribution in [0, 0.1) is 0 Å². The molecule has 168 valence electrons. The predicted octanol–water partition coefficient (Wildman–Crippen LogP) is 4.62. The van der Waals surface area contributed by atoms with Gasteiger partial charge in [-0.2, -0.15) is 0 Å². The highest BCUT2D eigenvalue weighted by molar-refractivity contribution is 7.91. The van der Waals surface area contributed by atoms with Crippen molar-refractivity contribution in [2.45, 2.75) is 38.6 Å². The van der Waals surface area contributed by atoms with Crippen LogP contribution in [0.5, 0.6) is 0 Å². The summed E-state index contributed by atoms with van der Waals surface area (Å²) in [6.07, 6.45) is 4.03. The Morgan fingerprint density at radius 2 is 1.88 bits per heavy atom. The molecule has 0 aliphatic carbocycles. The molecule has 8 heteroatoms. The van der Waals surface area contributed by atoms with Crippen LogP contribution in [0.15, 0.2) is 54.9 Å². The first-order valence-corrected chi connectivity index (χ1v) is 12.7. The van der Waals surface area contributed by atoms with Gasteiger partial charge in [-0.25, -0.2) is 13.4 Å². The number of nitrogens with one attached hydrogen (secondary N) is 1. The largest absolute Gasteiger partial charge is 0.346 e. The zero-order chi connectivity index (χ0) is 23.1. The second kappa shape index (κ2) is 8.37. The molecule has 32 heavy (non-hydrogen) atoms. The molecule has 1 unspecified atom stereocenters. The fourth-order valence-electron chi connectivity index (χ4n) is 4.11. The lowest BCUT2D eigenvalue weighted by Gasteiger charge is -2.24. The third kappa shape index (κ3) is 4.74. The molecule has 1 N–H and O–H groups in total. The quantitative estimate of drug-likeness (QED) is 0.588. The van der Waals surface area contributed by atoms with Crippen LogP contribution in [-0.2, 0) is 9.84 Å². The van der Waals surface area contributed by atoms with E-state index in [1.54, 1.807) is 13.1 Å². The van der Waals surface area contributed by atoms with Gasteiger partial charge < -0.3 is 9.88 Å². The molecule has 4 rings (SSSR count). The van der Waals surface area contributed by atoms with Crippen LogP contribution in [0.25, 0.3) is 16.8 Å². The highest BCUT2D eigenvalue weighted by Gasteiger charge is 2.39. The van der Waals surface area contributed by atoms with E-state index in [-0.39, 0.29) is 23.3 Å². The van der Waals surface area contributed by atoms with Gasteiger partial charge in [0.2, 0.25) is 0 Å². The van der Waals surface area contributed by atoms with E-state index >= 15 is 0 Å². The molecule has 0 radical (unpaired) electrons. The monoisotopic (exact) mass is 471 g/mol. The average Bonchev–Trinajstić information content (AvgIpc) is 3.32. The molecule has 1 fully saturated rings. The molecule has 0 bridgehead atoms. The highest BCUT2D eigenvalue weighted by Crippen LogP contribution is 2.29. The normalized spacial score (nSPS) is 19.9. The van der Waals surface area contributed by atoms with Crippen LogP contribution in [-0.4, -0.2) is 40.9 Å². The van der Waals surface area contributed by atoms with Crippen molar-refractivity contribution in [1.82, 2.24) is 14.9 Å². The number of sulfone groups is 1. The molecule has 1 saturated heterocycles. The SMILES string of the molecule is CC(C)c1nccn1-c1cc(C(=O)NC2(C)CCS(=O)(=O)C2)cc(-c2ccc(Cl)cc2)c1. The zero-order valence-electron chi connectivity index (χ0n) is 18.3. The molecule has 2 aromatic carbocycles. The van der Waals surface area contributed by atoms with E-state index in [4.69, 9.17) is 11.6 Å². The standard InChI is InChI=1S/C24H26ClN3O3S/c1-16(2)22-26-9-10-28(22)21-13-18(17-4-6-20(25)7-5-17)12-19(14-21)23(29)27-24(3)8-11-32(30,31)15-24/h4-7,9-10,12-14,16H,8,11,15H2,1-3H3,(H,27,29). The first-order valence-electron chi connectivity index (χ1n) is 10.5. The maximum absolute atomic E-state index is 13.2. The number of carbonyl (C=O) groups is 1. The van der Waals surface area contributed by atoms with Crippen molar-refractivity contribution in [3.63, 3.8) is 0 Å². The Labute approximate surface area is 193 Å². The first-order chi connectivity index (χ1) is 15.1. The fraction of sp³-hybridized carbons (Fsp3) is 0.333. The molecular formula is C24H26ClN3O3S. The van der Waals surface area contributed by atoms with E-state index in [1.807, 2.05) is 53.2 Å². The molecule has 1 aliphatic rings. The number of hydrogen-bond donors (Lipinski definition) is 1. The van der Waals surface area contributed by atoms with Crippen LogP contribution < -0.4 is 5.32 Å². The molecule has 0 spiro atoms. The topological polar surface area (TPSA) is 81.1 Å². The van der Waals surface area contributed by atoms with E-state index < -0.39 is 15.4 Å². The van der Waals surface area contributed by atoms with Crippen LogP contribution in [0.1, 0.15) is 49.3 Å². The minimum Gasteiger partial charge on any atom is -0.346 e. The summed E-state index contributed by atoms with van der Waals surface area (Å²) < 4.78 is 25.9. The van der Waals surface area contributed by atoms with Crippen LogP contribution in [0.3, 0.4) is 0 Å². The van der Waals surface area contributed by atoms with E-state index in [9.17, 15) is 13.2 Å². The average molecular weight is 472 g/mol. The minimum absolute atomic E-state index is 0.0471. The Balaban J connectivity index is 1.77. The van der Waals surface area contributed by atoms with E-state index in [2.05, 4.69) is 24.1 Å². The third-order valence-corrected chi connectivity index (χ3v) is 7.90. The number of imidazole rings is 1. The molecule has 1 atom stereocenters. The minimum atomic E-state index is -3.14. The molecular weight excluding hydrogens is 446 g/mol. The van der Waals surface area contributed by atoms with E-state index in [1.165, 1.54) is 0 Å². The van der Waals surface area contributed by atoms with Crippen LogP contribution >= 0.6 is 11.6 Å². The number of halogens is 1. The number of carbonyl (C=O) groups excluding carboxylic acids is 1. The van der Waals surface area contributed by atoms with Gasteiger partial charge in [0, 0.05) is 34.6 Å². The second-order valence-corrected chi connectivity index (χ2v) is 11.6. The van der Waals surface area contributed by atoms with Crippen molar-refractivity contribution in [3.8, 4) is 16.8 Å². The number of benzene rings is 2. The lowest BCUT2D eigenvalue weighted by molar-refractivity contribution is 0.0915. The lowest BCUT2D eigenvalue weighted by Crippen LogP contribution is -2.46. The summed E-state index contributed by atoms with van der Waals surface area (Å²) in [5.41, 5.74) is 2.28. The number of amides is 1. The second-order valence-electron chi connectivity index (χ2n) is 8.94. The summed E-state index contributed by atoms with van der Waals surface area (Å²) in [6.45, 7) is 5.92. The van der Waals surface area contributed by atoms with Crippen molar-refractivity contribution in [2.75, 3.05) is 11.5 Å². The number of rotatable bonds is 5. The summed E-state index contributed by atoms with van der Waals surface area (Å²) in [7, 11) is -3.14. The number of aromatic nitrogens is 2. The molecule has 1 amide bonds. The van der Waals surface area contributed by atoms with Crippen molar-refractivity contribution >= 4 is 27.3 Å². The third-order valence-electron chi connectivity index (χ3n) is 5.74. The lowest BCUT2D eigenvalue weighted by atomic mass is 9.98. The predicted molar refractivity (Wildman–Crippen MR) is 127 cm³/mol. The molecule has 1 aliphatic heterocycles. The number of hydrogen-bond acceptors (Lipinski definition) is 4. The summed E-state index contributed by atoms with van der Waals surface area (Å²) in [5.74, 6) is 0.830. The van der Waals surface area contributed by atoms with Gasteiger partial charge in [0.05, 0.1) is 17.0 Å². The Kier molecular flexibility index (Phi) is 5.90. The maximum Gasteiger partial charge on any atom is 0.251 e. The van der Waals surface area contributed by atoms with Crippen molar-refractivity contribution in [2.24, 2.45) is 0 Å². The molecule has 0 saturated carbocycles. The summed E-state index contributed by atoms with van der Waals surface area (Å²) in [4.78, 5) is 17.7.